The Balaban J connectivity index is 2.00. The van der Waals surface area contributed by atoms with Crippen LogP contribution in [0.3, 0.4) is 0 Å². The van der Waals surface area contributed by atoms with Crippen LogP contribution in [0.25, 0.3) is 11.6 Å². The number of aromatic nitrogens is 1. The van der Waals surface area contributed by atoms with Crippen molar-refractivity contribution < 1.29 is 18.0 Å². The van der Waals surface area contributed by atoms with E-state index in [1.165, 1.54) is 34.9 Å². The van der Waals surface area contributed by atoms with Crippen molar-refractivity contribution in [3.8, 4) is 0 Å². The number of likely N-dealkylation sites (N-methyl/N-ethyl adjacent to an activating group) is 1. The summed E-state index contributed by atoms with van der Waals surface area (Å²) < 4.78 is 43.0. The number of fused-ring (bicyclic) bond motifs is 1. The van der Waals surface area contributed by atoms with Crippen molar-refractivity contribution in [1.82, 2.24) is 9.47 Å². The molecule has 31 heavy (non-hydrogen) atoms. The van der Waals surface area contributed by atoms with Crippen LogP contribution in [-0.4, -0.2) is 36.0 Å². The standard InChI is InChI=1S/C22H18F3N3O2S/c1-27(2)7-8-28-21(30)18(9-12-3-4-13(23)10-16(12)25)31-22(28)19-15-6-5-14(24)11-17(15)26-20(19)29/h3-6,9-11H,7-8H2,1-2H3,(H,26,29)/b18-9-,22-19+. The Morgan fingerprint density at radius 2 is 1.77 bits per heavy atom. The van der Waals surface area contributed by atoms with Crippen molar-refractivity contribution in [2.24, 2.45) is 0 Å². The largest absolute Gasteiger partial charge is 0.321 e. The van der Waals surface area contributed by atoms with Gasteiger partial charge in [-0.1, -0.05) is 0 Å². The smallest absolute Gasteiger partial charge is 0.269 e. The highest BCUT2D eigenvalue weighted by Gasteiger charge is 2.27. The molecule has 0 saturated heterocycles. The topological polar surface area (TPSA) is 54.3 Å². The molecule has 1 N–H and O–H groups in total. The molecule has 3 aromatic rings. The molecular formula is C22H18F3N3O2S. The van der Waals surface area contributed by atoms with E-state index in [0.717, 1.165) is 23.5 Å². The summed E-state index contributed by atoms with van der Waals surface area (Å²) in [6.45, 7) is 0.823. The number of thiazole rings is 1. The van der Waals surface area contributed by atoms with Gasteiger partial charge in [0.15, 0.2) is 0 Å². The molecule has 2 aromatic carbocycles. The number of carbonyl (C=O) groups is 1. The number of hydrogen-bond donors (Lipinski definition) is 1. The van der Waals surface area contributed by atoms with E-state index >= 15 is 0 Å². The van der Waals surface area contributed by atoms with Crippen molar-refractivity contribution >= 4 is 34.6 Å². The lowest BCUT2D eigenvalue weighted by Crippen LogP contribution is -2.36. The van der Waals surface area contributed by atoms with Gasteiger partial charge in [0.2, 0.25) is 0 Å². The SMILES string of the molecule is CN(C)CCn1c(=O)/c(=C/c2ccc(F)cc2F)s/c1=C1/C(=O)Nc2cc(F)ccc21. The average molecular weight is 445 g/mol. The Labute approximate surface area is 179 Å². The second kappa shape index (κ2) is 8.16. The number of benzene rings is 2. The van der Waals surface area contributed by atoms with Crippen LogP contribution in [0.5, 0.6) is 0 Å². The van der Waals surface area contributed by atoms with Crippen molar-refractivity contribution in [3.05, 3.63) is 84.5 Å². The summed E-state index contributed by atoms with van der Waals surface area (Å²) in [6.07, 6.45) is 1.34. The fourth-order valence-electron chi connectivity index (χ4n) is 3.33. The van der Waals surface area contributed by atoms with Gasteiger partial charge in [0.05, 0.1) is 15.8 Å². The second-order valence-corrected chi connectivity index (χ2v) is 8.39. The Kier molecular flexibility index (Phi) is 5.55. The monoisotopic (exact) mass is 445 g/mol. The maximum Gasteiger partial charge on any atom is 0.269 e. The lowest BCUT2D eigenvalue weighted by Gasteiger charge is -2.10. The molecule has 0 fully saturated rings. The molecule has 1 aliphatic heterocycles. The van der Waals surface area contributed by atoms with Gasteiger partial charge < -0.3 is 10.2 Å². The third kappa shape index (κ3) is 4.06. The normalized spacial score (nSPS) is 15.5. The van der Waals surface area contributed by atoms with Gasteiger partial charge in [0.25, 0.3) is 11.5 Å². The number of halogens is 3. The highest BCUT2D eigenvalue weighted by Crippen LogP contribution is 2.30. The molecule has 0 radical (unpaired) electrons. The van der Waals surface area contributed by atoms with E-state index in [9.17, 15) is 22.8 Å². The summed E-state index contributed by atoms with van der Waals surface area (Å²) in [7, 11) is 3.71. The van der Waals surface area contributed by atoms with Crippen LogP contribution >= 0.6 is 11.3 Å². The number of nitrogens with zero attached hydrogens (tertiary/aromatic N) is 2. The van der Waals surface area contributed by atoms with Gasteiger partial charge in [0, 0.05) is 30.3 Å². The molecule has 160 valence electrons. The number of nitrogens with one attached hydrogen (secondary N) is 1. The highest BCUT2D eigenvalue weighted by atomic mass is 32.1. The molecule has 0 spiro atoms. The third-order valence-electron chi connectivity index (χ3n) is 4.87. The van der Waals surface area contributed by atoms with Crippen molar-refractivity contribution in [1.29, 1.82) is 0 Å². The predicted molar refractivity (Wildman–Crippen MR) is 114 cm³/mol. The number of anilines is 1. The van der Waals surface area contributed by atoms with Crippen molar-refractivity contribution in [2.75, 3.05) is 26.0 Å². The number of amides is 1. The Morgan fingerprint density at radius 3 is 2.48 bits per heavy atom. The third-order valence-corrected chi connectivity index (χ3v) is 6.00. The molecule has 2 heterocycles. The van der Waals surface area contributed by atoms with Crippen LogP contribution in [0, 0.1) is 17.5 Å². The number of rotatable bonds is 4. The first-order valence-electron chi connectivity index (χ1n) is 9.41. The zero-order valence-electron chi connectivity index (χ0n) is 16.7. The molecule has 1 amide bonds. The summed E-state index contributed by atoms with van der Waals surface area (Å²) >= 11 is 1.04. The van der Waals surface area contributed by atoms with E-state index in [4.69, 9.17) is 0 Å². The molecule has 5 nitrogen and oxygen atoms in total. The first-order chi connectivity index (χ1) is 14.7. The first-order valence-corrected chi connectivity index (χ1v) is 10.2. The molecule has 1 aromatic heterocycles. The number of carbonyl (C=O) groups excluding carboxylic acids is 1. The molecule has 0 saturated carbocycles. The van der Waals surface area contributed by atoms with Crippen LogP contribution in [0.4, 0.5) is 18.9 Å². The van der Waals surface area contributed by atoms with Crippen LogP contribution in [0.1, 0.15) is 11.1 Å². The molecule has 4 rings (SSSR count). The summed E-state index contributed by atoms with van der Waals surface area (Å²) in [5.74, 6) is -2.44. The van der Waals surface area contributed by atoms with Crippen molar-refractivity contribution in [2.45, 2.75) is 6.54 Å². The Hall–Kier alpha value is -3.17. The Bertz CT molecular complexity index is 1380. The average Bonchev–Trinajstić information content (AvgIpc) is 3.17. The molecule has 1 aliphatic rings. The minimum Gasteiger partial charge on any atom is -0.321 e. The van der Waals surface area contributed by atoms with E-state index in [1.807, 2.05) is 19.0 Å². The van der Waals surface area contributed by atoms with E-state index in [2.05, 4.69) is 5.32 Å². The zero-order valence-corrected chi connectivity index (χ0v) is 17.5. The van der Waals surface area contributed by atoms with Crippen LogP contribution in [0.2, 0.25) is 0 Å². The fourth-order valence-corrected chi connectivity index (χ4v) is 4.51. The van der Waals surface area contributed by atoms with Crippen LogP contribution in [-0.2, 0) is 11.3 Å². The van der Waals surface area contributed by atoms with Gasteiger partial charge in [-0.25, -0.2) is 13.2 Å². The molecule has 9 heteroatoms. The predicted octanol–water partition coefficient (Wildman–Crippen LogP) is 1.87. The number of hydrogen-bond acceptors (Lipinski definition) is 4. The summed E-state index contributed by atoms with van der Waals surface area (Å²) in [5, 5.41) is 2.63. The lowest BCUT2D eigenvalue weighted by atomic mass is 10.1. The van der Waals surface area contributed by atoms with Gasteiger partial charge in [-0.15, -0.1) is 11.3 Å². The maximum absolute atomic E-state index is 14.1. The summed E-state index contributed by atoms with van der Waals surface area (Å²) in [5.41, 5.74) is 0.756. The molecule has 0 aliphatic carbocycles. The zero-order chi connectivity index (χ0) is 22.3. The first kappa shape index (κ1) is 21.1. The molecule has 0 atom stereocenters. The van der Waals surface area contributed by atoms with Gasteiger partial charge in [-0.2, -0.15) is 0 Å². The quantitative estimate of drug-likeness (QED) is 0.667. The van der Waals surface area contributed by atoms with E-state index in [1.54, 1.807) is 0 Å². The van der Waals surface area contributed by atoms with Gasteiger partial charge in [0.1, 0.15) is 22.1 Å². The summed E-state index contributed by atoms with van der Waals surface area (Å²) in [6, 6.07) is 7.06. The lowest BCUT2D eigenvalue weighted by molar-refractivity contribution is -0.110. The van der Waals surface area contributed by atoms with Gasteiger partial charge >= 0.3 is 0 Å². The second-order valence-electron chi connectivity index (χ2n) is 7.36. The van der Waals surface area contributed by atoms with E-state index < -0.39 is 23.4 Å². The maximum atomic E-state index is 14.1. The minimum absolute atomic E-state index is 0.0643. The fraction of sp³-hybridized carbons (Fsp3) is 0.182. The van der Waals surface area contributed by atoms with Crippen molar-refractivity contribution in [3.63, 3.8) is 0 Å². The van der Waals surface area contributed by atoms with Gasteiger partial charge in [-0.05, 0) is 50.5 Å². The minimum atomic E-state index is -0.790. The molecule has 0 unspecified atom stereocenters. The Morgan fingerprint density at radius 1 is 1.06 bits per heavy atom. The molecular weight excluding hydrogens is 427 g/mol. The van der Waals surface area contributed by atoms with Gasteiger partial charge in [-0.3, -0.25) is 14.2 Å². The summed E-state index contributed by atoms with van der Waals surface area (Å²) in [4.78, 5) is 27.7. The highest BCUT2D eigenvalue weighted by molar-refractivity contribution is 7.07. The van der Waals surface area contributed by atoms with Crippen LogP contribution in [0.15, 0.2) is 41.2 Å². The van der Waals surface area contributed by atoms with E-state index in [-0.39, 0.29) is 21.2 Å². The molecule has 0 bridgehead atoms. The van der Waals surface area contributed by atoms with E-state index in [0.29, 0.717) is 29.0 Å². The van der Waals surface area contributed by atoms with Crippen LogP contribution < -0.4 is 20.1 Å².